The summed E-state index contributed by atoms with van der Waals surface area (Å²) in [5.41, 5.74) is 0.625. The number of amides is 1. The van der Waals surface area contributed by atoms with Gasteiger partial charge >= 0.3 is 0 Å². The minimum absolute atomic E-state index is 0.0905. The number of rotatable bonds is 5. The highest BCUT2D eigenvalue weighted by molar-refractivity contribution is 7.99. The summed E-state index contributed by atoms with van der Waals surface area (Å²) >= 11 is 1.97. The maximum absolute atomic E-state index is 12.7. The molecule has 2 rings (SSSR count). The van der Waals surface area contributed by atoms with Gasteiger partial charge in [-0.25, -0.2) is 4.39 Å². The molecule has 0 aromatic heterocycles. The fraction of sp³-hybridized carbons (Fsp3) is 0.462. The molecule has 0 bridgehead atoms. The average molecular weight is 268 g/mol. The van der Waals surface area contributed by atoms with E-state index in [2.05, 4.69) is 10.6 Å². The predicted octanol–water partition coefficient (Wildman–Crippen LogP) is 2.11. The number of thioether (sulfide) groups is 1. The van der Waals surface area contributed by atoms with Crippen molar-refractivity contribution in [2.75, 3.05) is 29.9 Å². The highest BCUT2D eigenvalue weighted by Crippen LogP contribution is 2.22. The summed E-state index contributed by atoms with van der Waals surface area (Å²) < 4.78 is 12.7. The normalized spacial score (nSPS) is 18.8. The van der Waals surface area contributed by atoms with Gasteiger partial charge in [0.25, 0.3) is 0 Å². The molecule has 1 fully saturated rings. The van der Waals surface area contributed by atoms with E-state index in [9.17, 15) is 9.18 Å². The van der Waals surface area contributed by atoms with Crippen LogP contribution in [0, 0.1) is 11.7 Å². The van der Waals surface area contributed by atoms with Crippen LogP contribution in [0.25, 0.3) is 0 Å². The fourth-order valence-electron chi connectivity index (χ4n) is 1.87. The number of carbonyl (C=O) groups is 1. The van der Waals surface area contributed by atoms with Crippen molar-refractivity contribution in [1.29, 1.82) is 0 Å². The maximum atomic E-state index is 12.7. The van der Waals surface area contributed by atoms with Gasteiger partial charge in [0, 0.05) is 5.69 Å². The van der Waals surface area contributed by atoms with Crippen LogP contribution in [-0.2, 0) is 4.79 Å². The van der Waals surface area contributed by atoms with Crippen LogP contribution < -0.4 is 10.6 Å². The van der Waals surface area contributed by atoms with Gasteiger partial charge in [0.15, 0.2) is 0 Å². The summed E-state index contributed by atoms with van der Waals surface area (Å²) in [6.45, 7) is 1.20. The Morgan fingerprint density at radius 2 is 2.17 bits per heavy atom. The van der Waals surface area contributed by atoms with Crippen molar-refractivity contribution in [3.63, 3.8) is 0 Å². The molecule has 1 heterocycles. The predicted molar refractivity (Wildman–Crippen MR) is 73.3 cm³/mol. The highest BCUT2D eigenvalue weighted by Gasteiger charge is 2.15. The Bertz CT molecular complexity index is 390. The van der Waals surface area contributed by atoms with Crippen molar-refractivity contribution in [3.05, 3.63) is 30.1 Å². The molecule has 0 saturated carbocycles. The first-order valence-corrected chi connectivity index (χ1v) is 7.23. The summed E-state index contributed by atoms with van der Waals surface area (Å²) in [5, 5.41) is 5.88. The lowest BCUT2D eigenvalue weighted by atomic mass is 10.1. The van der Waals surface area contributed by atoms with Gasteiger partial charge in [-0.2, -0.15) is 11.8 Å². The molecule has 5 heteroatoms. The summed E-state index contributed by atoms with van der Waals surface area (Å²) in [6.07, 6.45) is 1.23. The van der Waals surface area contributed by atoms with E-state index in [0.29, 0.717) is 18.2 Å². The Morgan fingerprint density at radius 3 is 2.83 bits per heavy atom. The molecule has 0 spiro atoms. The van der Waals surface area contributed by atoms with Crippen molar-refractivity contribution >= 4 is 23.4 Å². The van der Waals surface area contributed by atoms with Gasteiger partial charge in [0.2, 0.25) is 5.91 Å². The number of hydrogen-bond donors (Lipinski definition) is 2. The van der Waals surface area contributed by atoms with Crippen molar-refractivity contribution in [1.82, 2.24) is 5.32 Å². The van der Waals surface area contributed by atoms with Crippen LogP contribution in [0.1, 0.15) is 6.42 Å². The zero-order valence-corrected chi connectivity index (χ0v) is 10.9. The molecule has 1 saturated heterocycles. The van der Waals surface area contributed by atoms with Crippen molar-refractivity contribution < 1.29 is 9.18 Å². The number of nitrogens with one attached hydrogen (secondary N) is 2. The smallest absolute Gasteiger partial charge is 0.238 e. The molecule has 1 unspecified atom stereocenters. The average Bonchev–Trinajstić information content (AvgIpc) is 2.85. The van der Waals surface area contributed by atoms with Crippen LogP contribution in [0.15, 0.2) is 24.3 Å². The Kier molecular flexibility index (Phi) is 5.01. The van der Waals surface area contributed by atoms with Gasteiger partial charge in [-0.3, -0.25) is 4.79 Å². The van der Waals surface area contributed by atoms with Gasteiger partial charge in [0.1, 0.15) is 5.82 Å². The molecule has 1 aliphatic heterocycles. The van der Waals surface area contributed by atoms with Crippen molar-refractivity contribution in [2.45, 2.75) is 6.42 Å². The number of benzene rings is 1. The Labute approximate surface area is 111 Å². The maximum Gasteiger partial charge on any atom is 0.238 e. The molecule has 1 aromatic carbocycles. The van der Waals surface area contributed by atoms with E-state index in [1.54, 1.807) is 12.1 Å². The molecule has 1 amide bonds. The largest absolute Gasteiger partial charge is 0.325 e. The van der Waals surface area contributed by atoms with E-state index in [1.807, 2.05) is 11.8 Å². The number of carbonyl (C=O) groups excluding carboxylic acids is 1. The number of anilines is 1. The highest BCUT2D eigenvalue weighted by atomic mass is 32.2. The second-order valence-electron chi connectivity index (χ2n) is 4.42. The van der Waals surface area contributed by atoms with Gasteiger partial charge in [-0.05, 0) is 54.7 Å². The molecule has 1 atom stereocenters. The third-order valence-electron chi connectivity index (χ3n) is 2.87. The first-order chi connectivity index (χ1) is 8.74. The second-order valence-corrected chi connectivity index (χ2v) is 5.57. The first-order valence-electron chi connectivity index (χ1n) is 6.08. The van der Waals surface area contributed by atoms with Crippen molar-refractivity contribution in [3.8, 4) is 0 Å². The van der Waals surface area contributed by atoms with Gasteiger partial charge in [0.05, 0.1) is 6.54 Å². The van der Waals surface area contributed by atoms with Crippen molar-refractivity contribution in [2.24, 2.45) is 5.92 Å². The lowest BCUT2D eigenvalue weighted by Crippen LogP contribution is -2.31. The molecule has 1 aliphatic rings. The Hall–Kier alpha value is -1.07. The zero-order chi connectivity index (χ0) is 12.8. The summed E-state index contributed by atoms with van der Waals surface area (Å²) in [4.78, 5) is 11.6. The monoisotopic (exact) mass is 268 g/mol. The van der Waals surface area contributed by atoms with E-state index < -0.39 is 0 Å². The molecule has 3 nitrogen and oxygen atoms in total. The van der Waals surface area contributed by atoms with E-state index in [1.165, 1.54) is 30.1 Å². The molecular weight excluding hydrogens is 251 g/mol. The minimum atomic E-state index is -0.301. The molecule has 2 N–H and O–H groups in total. The molecular formula is C13H17FN2OS. The fourth-order valence-corrected chi connectivity index (χ4v) is 3.16. The van der Waals surface area contributed by atoms with Gasteiger partial charge < -0.3 is 10.6 Å². The lowest BCUT2D eigenvalue weighted by Gasteiger charge is -2.10. The van der Waals surface area contributed by atoms with E-state index in [-0.39, 0.29) is 11.7 Å². The quantitative estimate of drug-likeness (QED) is 0.859. The van der Waals surface area contributed by atoms with Crippen LogP contribution >= 0.6 is 11.8 Å². The van der Waals surface area contributed by atoms with Crippen LogP contribution in [0.5, 0.6) is 0 Å². The molecule has 0 radical (unpaired) electrons. The Morgan fingerprint density at radius 1 is 1.39 bits per heavy atom. The number of halogens is 1. The number of hydrogen-bond acceptors (Lipinski definition) is 3. The molecule has 18 heavy (non-hydrogen) atoms. The van der Waals surface area contributed by atoms with E-state index in [0.717, 1.165) is 6.54 Å². The SMILES string of the molecule is O=C(CNCC1CCSC1)Nc1ccc(F)cc1. The van der Waals surface area contributed by atoms with Crippen LogP contribution in [0.2, 0.25) is 0 Å². The molecule has 0 aliphatic carbocycles. The van der Waals surface area contributed by atoms with Crippen LogP contribution in [-0.4, -0.2) is 30.5 Å². The third kappa shape index (κ3) is 4.31. The van der Waals surface area contributed by atoms with Crippen LogP contribution in [0.4, 0.5) is 10.1 Å². The zero-order valence-electron chi connectivity index (χ0n) is 10.1. The lowest BCUT2D eigenvalue weighted by molar-refractivity contribution is -0.115. The van der Waals surface area contributed by atoms with E-state index in [4.69, 9.17) is 0 Å². The second kappa shape index (κ2) is 6.75. The molecule has 1 aromatic rings. The minimum Gasteiger partial charge on any atom is -0.325 e. The summed E-state index contributed by atoms with van der Waals surface area (Å²) in [6, 6.07) is 5.78. The summed E-state index contributed by atoms with van der Waals surface area (Å²) in [7, 11) is 0. The van der Waals surface area contributed by atoms with Gasteiger partial charge in [-0.1, -0.05) is 0 Å². The molecule has 98 valence electrons. The van der Waals surface area contributed by atoms with Gasteiger partial charge in [-0.15, -0.1) is 0 Å². The summed E-state index contributed by atoms with van der Waals surface area (Å²) in [5.74, 6) is 2.71. The van der Waals surface area contributed by atoms with Crippen LogP contribution in [0.3, 0.4) is 0 Å². The first kappa shape index (κ1) is 13.4. The standard InChI is InChI=1S/C13H17FN2OS/c14-11-1-3-12(4-2-11)16-13(17)8-15-7-10-5-6-18-9-10/h1-4,10,15H,5-9H2,(H,16,17). The Balaban J connectivity index is 1.66. The topological polar surface area (TPSA) is 41.1 Å². The third-order valence-corrected chi connectivity index (χ3v) is 4.10. The van der Waals surface area contributed by atoms with E-state index >= 15 is 0 Å².